The molecule has 0 saturated heterocycles. The molecule has 0 heterocycles. The topological polar surface area (TPSA) is 57.6 Å². The van der Waals surface area contributed by atoms with E-state index in [1.54, 1.807) is 0 Å². The highest BCUT2D eigenvalue weighted by Crippen LogP contribution is 2.09. The lowest BCUT2D eigenvalue weighted by Gasteiger charge is -2.20. The van der Waals surface area contributed by atoms with Crippen molar-refractivity contribution in [3.05, 3.63) is 0 Å². The zero-order valence-electron chi connectivity index (χ0n) is 14.6. The van der Waals surface area contributed by atoms with Gasteiger partial charge in [0.15, 0.2) is 0 Å². The molecule has 22 heavy (non-hydrogen) atoms. The van der Waals surface area contributed by atoms with Crippen LogP contribution in [0.3, 0.4) is 0 Å². The van der Waals surface area contributed by atoms with Gasteiger partial charge in [-0.1, -0.05) is 78.1 Å². The first-order valence-corrected chi connectivity index (χ1v) is 9.15. The summed E-state index contributed by atoms with van der Waals surface area (Å²) < 4.78 is 0. The smallest absolute Gasteiger partial charge is 0.394 e. The second-order valence-electron chi connectivity index (χ2n) is 6.13. The van der Waals surface area contributed by atoms with E-state index in [1.165, 1.54) is 56.3 Å². The maximum Gasteiger partial charge on any atom is 0.394 e. The molecule has 0 aromatic carbocycles. The fraction of sp³-hybridized carbons (Fsp3) is 0.889. The van der Waals surface area contributed by atoms with E-state index in [2.05, 4.69) is 13.8 Å². The Hall–Kier alpha value is -1.06. The van der Waals surface area contributed by atoms with Crippen LogP contribution < -0.4 is 0 Å². The monoisotopic (exact) mass is 313 g/mol. The molecule has 130 valence electrons. The normalized spacial score (nSPS) is 10.6. The molecule has 0 bridgehead atoms. The predicted octanol–water partition coefficient (Wildman–Crippen LogP) is 4.62. The van der Waals surface area contributed by atoms with Gasteiger partial charge in [0.1, 0.15) is 0 Å². The summed E-state index contributed by atoms with van der Waals surface area (Å²) in [5.41, 5.74) is 0. The lowest BCUT2D eigenvalue weighted by molar-refractivity contribution is -0.156. The summed E-state index contributed by atoms with van der Waals surface area (Å²) in [5.74, 6) is -2.06. The van der Waals surface area contributed by atoms with Crippen molar-refractivity contribution in [2.24, 2.45) is 0 Å². The second kappa shape index (κ2) is 14.9. The van der Waals surface area contributed by atoms with Crippen LogP contribution in [0.5, 0.6) is 0 Å². The summed E-state index contributed by atoms with van der Waals surface area (Å²) in [7, 11) is 0. The standard InChI is InChI=1S/C18H35NO3/c1-3-5-7-9-11-13-15-19(17(20)18(21)22)16-14-12-10-8-6-4-2/h3-16H2,1-2H3,(H,21,22). The molecule has 1 amide bonds. The Morgan fingerprint density at radius 2 is 1.05 bits per heavy atom. The van der Waals surface area contributed by atoms with Gasteiger partial charge >= 0.3 is 11.9 Å². The first kappa shape index (κ1) is 20.9. The molecule has 0 radical (unpaired) electrons. The molecular formula is C18H35NO3. The van der Waals surface area contributed by atoms with Crippen molar-refractivity contribution >= 4 is 11.9 Å². The van der Waals surface area contributed by atoms with E-state index in [9.17, 15) is 9.59 Å². The summed E-state index contributed by atoms with van der Waals surface area (Å²) in [6.07, 6.45) is 13.8. The molecule has 0 spiro atoms. The third-order valence-electron chi connectivity index (χ3n) is 4.03. The predicted molar refractivity (Wildman–Crippen MR) is 91.0 cm³/mol. The molecule has 4 heteroatoms. The van der Waals surface area contributed by atoms with Crippen molar-refractivity contribution in [3.8, 4) is 0 Å². The molecular weight excluding hydrogens is 278 g/mol. The summed E-state index contributed by atoms with van der Waals surface area (Å²) >= 11 is 0. The summed E-state index contributed by atoms with van der Waals surface area (Å²) in [6, 6.07) is 0. The molecule has 0 atom stereocenters. The van der Waals surface area contributed by atoms with Crippen LogP contribution in [0.15, 0.2) is 0 Å². The Bertz CT molecular complexity index is 276. The minimum absolute atomic E-state index is 0.590. The molecule has 0 aliphatic rings. The Balaban J connectivity index is 3.90. The molecule has 4 nitrogen and oxygen atoms in total. The quantitative estimate of drug-likeness (QED) is 0.376. The van der Waals surface area contributed by atoms with E-state index in [4.69, 9.17) is 5.11 Å². The highest BCUT2D eigenvalue weighted by molar-refractivity contribution is 6.31. The number of rotatable bonds is 14. The Labute approximate surface area is 136 Å². The van der Waals surface area contributed by atoms with Crippen molar-refractivity contribution < 1.29 is 14.7 Å². The van der Waals surface area contributed by atoms with E-state index in [0.29, 0.717) is 13.1 Å². The molecule has 0 aromatic heterocycles. The van der Waals surface area contributed by atoms with Crippen LogP contribution in [0, 0.1) is 0 Å². The number of hydrogen-bond acceptors (Lipinski definition) is 2. The van der Waals surface area contributed by atoms with Crippen molar-refractivity contribution in [2.75, 3.05) is 13.1 Å². The SMILES string of the molecule is CCCCCCCCN(CCCCCCCC)C(=O)C(=O)O. The van der Waals surface area contributed by atoms with Crippen molar-refractivity contribution in [3.63, 3.8) is 0 Å². The van der Waals surface area contributed by atoms with Crippen LogP contribution in [0.1, 0.15) is 90.9 Å². The summed E-state index contributed by atoms with van der Waals surface area (Å²) in [6.45, 7) is 5.56. The zero-order chi connectivity index (χ0) is 16.6. The number of aliphatic carboxylic acids is 1. The fourth-order valence-electron chi connectivity index (χ4n) is 2.62. The minimum Gasteiger partial charge on any atom is -0.474 e. The molecule has 0 saturated carbocycles. The van der Waals surface area contributed by atoms with Gasteiger partial charge < -0.3 is 10.0 Å². The number of amides is 1. The number of unbranched alkanes of at least 4 members (excludes halogenated alkanes) is 10. The van der Waals surface area contributed by atoms with Gasteiger partial charge in [0.2, 0.25) is 0 Å². The van der Waals surface area contributed by atoms with Gasteiger partial charge in [-0.25, -0.2) is 4.79 Å². The number of carboxylic acids is 1. The minimum atomic E-state index is -1.32. The van der Waals surface area contributed by atoms with Gasteiger partial charge in [-0.05, 0) is 12.8 Å². The molecule has 0 aromatic rings. The molecule has 1 N–H and O–H groups in total. The van der Waals surface area contributed by atoms with Gasteiger partial charge in [-0.15, -0.1) is 0 Å². The maximum absolute atomic E-state index is 11.7. The van der Waals surface area contributed by atoms with Crippen molar-refractivity contribution in [1.82, 2.24) is 4.90 Å². The van der Waals surface area contributed by atoms with Gasteiger partial charge in [-0.3, -0.25) is 4.79 Å². The average molecular weight is 313 g/mol. The van der Waals surface area contributed by atoms with Crippen LogP contribution >= 0.6 is 0 Å². The number of carbonyl (C=O) groups is 2. The lowest BCUT2D eigenvalue weighted by atomic mass is 10.1. The highest BCUT2D eigenvalue weighted by atomic mass is 16.4. The van der Waals surface area contributed by atoms with Crippen LogP contribution in [0.2, 0.25) is 0 Å². The van der Waals surface area contributed by atoms with Crippen LogP contribution in [-0.4, -0.2) is 35.0 Å². The molecule has 0 unspecified atom stereocenters. The second-order valence-corrected chi connectivity index (χ2v) is 6.13. The van der Waals surface area contributed by atoms with Crippen molar-refractivity contribution in [2.45, 2.75) is 90.9 Å². The van der Waals surface area contributed by atoms with Gasteiger partial charge in [0, 0.05) is 13.1 Å². The number of hydrogen-bond donors (Lipinski definition) is 1. The van der Waals surface area contributed by atoms with E-state index in [-0.39, 0.29) is 0 Å². The van der Waals surface area contributed by atoms with Crippen LogP contribution in [-0.2, 0) is 9.59 Å². The Morgan fingerprint density at radius 1 is 0.682 bits per heavy atom. The number of carboxylic acid groups (broad SMARTS) is 1. The Kier molecular flexibility index (Phi) is 14.1. The van der Waals surface area contributed by atoms with E-state index >= 15 is 0 Å². The van der Waals surface area contributed by atoms with E-state index in [1.807, 2.05) is 0 Å². The Morgan fingerprint density at radius 3 is 1.41 bits per heavy atom. The first-order chi connectivity index (χ1) is 10.6. The maximum atomic E-state index is 11.7. The molecule has 0 aliphatic heterocycles. The van der Waals surface area contributed by atoms with Gasteiger partial charge in [0.25, 0.3) is 0 Å². The number of nitrogens with zero attached hydrogens (tertiary/aromatic N) is 1. The first-order valence-electron chi connectivity index (χ1n) is 9.15. The van der Waals surface area contributed by atoms with E-state index < -0.39 is 11.9 Å². The van der Waals surface area contributed by atoms with E-state index in [0.717, 1.165) is 25.7 Å². The van der Waals surface area contributed by atoms with Crippen molar-refractivity contribution in [1.29, 1.82) is 0 Å². The summed E-state index contributed by atoms with van der Waals surface area (Å²) in [4.78, 5) is 24.1. The fourth-order valence-corrected chi connectivity index (χ4v) is 2.62. The van der Waals surface area contributed by atoms with Gasteiger partial charge in [0.05, 0.1) is 0 Å². The summed E-state index contributed by atoms with van der Waals surface area (Å²) in [5, 5.41) is 8.91. The zero-order valence-corrected chi connectivity index (χ0v) is 14.6. The lowest BCUT2D eigenvalue weighted by Crippen LogP contribution is -2.37. The molecule has 0 fully saturated rings. The largest absolute Gasteiger partial charge is 0.474 e. The third kappa shape index (κ3) is 11.6. The average Bonchev–Trinajstić information content (AvgIpc) is 2.51. The molecule has 0 rings (SSSR count). The highest BCUT2D eigenvalue weighted by Gasteiger charge is 2.19. The van der Waals surface area contributed by atoms with Gasteiger partial charge in [-0.2, -0.15) is 0 Å². The van der Waals surface area contributed by atoms with Crippen LogP contribution in [0.25, 0.3) is 0 Å². The van der Waals surface area contributed by atoms with Crippen LogP contribution in [0.4, 0.5) is 0 Å². The third-order valence-corrected chi connectivity index (χ3v) is 4.03. The number of carbonyl (C=O) groups excluding carboxylic acids is 1. The molecule has 0 aliphatic carbocycles.